The van der Waals surface area contributed by atoms with E-state index >= 15 is 0 Å². The van der Waals surface area contributed by atoms with Crippen LogP contribution in [0.15, 0.2) is 36.4 Å². The van der Waals surface area contributed by atoms with Crippen LogP contribution in [0.4, 0.5) is 0 Å². The highest BCUT2D eigenvalue weighted by molar-refractivity contribution is 6.35. The van der Waals surface area contributed by atoms with E-state index < -0.39 is 19.5 Å². The molecule has 2 rings (SSSR count). The molecule has 2 aromatic rings. The van der Waals surface area contributed by atoms with Crippen molar-refractivity contribution in [2.45, 2.75) is 117 Å². The lowest BCUT2D eigenvalue weighted by Gasteiger charge is -2.32. The van der Waals surface area contributed by atoms with E-state index in [1.165, 1.54) is 34.3 Å². The minimum atomic E-state index is -0.639. The van der Waals surface area contributed by atoms with Crippen LogP contribution in [0.25, 0.3) is 0 Å². The van der Waals surface area contributed by atoms with Gasteiger partial charge in [-0.3, -0.25) is 0 Å². The van der Waals surface area contributed by atoms with Crippen LogP contribution in [0.1, 0.15) is 105 Å². The lowest BCUT2D eigenvalue weighted by atomic mass is 9.75. The summed E-state index contributed by atoms with van der Waals surface area (Å²) < 4.78 is 13.0. The Morgan fingerprint density at radius 1 is 0.500 bits per heavy atom. The molecule has 0 heterocycles. The Labute approximate surface area is 215 Å². The molecule has 0 saturated carbocycles. The van der Waals surface area contributed by atoms with Gasteiger partial charge in [0.25, 0.3) is 0 Å². The van der Waals surface area contributed by atoms with E-state index in [2.05, 4.69) is 119 Å². The molecule has 0 saturated heterocycles. The zero-order valence-corrected chi connectivity index (χ0v) is 26.9. The number of hydrogen-bond acceptors (Lipinski definition) is 2. The van der Waals surface area contributed by atoms with Gasteiger partial charge in [-0.1, -0.05) is 107 Å². The number of hydrogen-bond donors (Lipinski definition) is 0. The van der Waals surface area contributed by atoms with Gasteiger partial charge in [0.15, 0.2) is 0 Å². The number of benzene rings is 2. The summed E-state index contributed by atoms with van der Waals surface area (Å²) in [5.74, 6) is 2.20. The van der Waals surface area contributed by atoms with Gasteiger partial charge < -0.3 is 8.85 Å². The molecule has 0 aliphatic heterocycles. The summed E-state index contributed by atoms with van der Waals surface area (Å²) in [5.41, 5.74) is 5.89. The van der Waals surface area contributed by atoms with Crippen LogP contribution < -0.4 is 8.85 Å². The third-order valence-electron chi connectivity index (χ3n) is 6.22. The summed E-state index contributed by atoms with van der Waals surface area (Å²) in [5, 5.41) is 0. The van der Waals surface area contributed by atoms with Gasteiger partial charge in [-0.2, -0.15) is 0 Å². The Kier molecular flexibility index (Phi) is 8.96. The standard InChI is InChI=1S/C30H50O2Si2/c1-27(2,3)21-15-13-17-23(25(21)29(7,8)9)31-33-19-20-34-32-24-18-14-16-22(28(4,5)6)26(24)30(10,11)12/h13-18H,19-20,33-34H2,1-12H3. The fourth-order valence-corrected chi connectivity index (χ4v) is 7.51. The molecule has 0 atom stereocenters. The predicted molar refractivity (Wildman–Crippen MR) is 156 cm³/mol. The molecule has 0 amide bonds. The first-order valence-electron chi connectivity index (χ1n) is 13.0. The molecule has 190 valence electrons. The highest BCUT2D eigenvalue weighted by Crippen LogP contribution is 2.41. The molecule has 2 nitrogen and oxygen atoms in total. The van der Waals surface area contributed by atoms with Gasteiger partial charge >= 0.3 is 0 Å². The van der Waals surface area contributed by atoms with Gasteiger partial charge in [0.2, 0.25) is 19.5 Å². The quantitative estimate of drug-likeness (QED) is 0.294. The zero-order valence-electron chi connectivity index (χ0n) is 24.1. The summed E-state index contributed by atoms with van der Waals surface area (Å²) in [6.07, 6.45) is 0. The smallest absolute Gasteiger partial charge is 0.219 e. The average Bonchev–Trinajstić information content (AvgIpc) is 2.67. The Morgan fingerprint density at radius 3 is 1.09 bits per heavy atom. The second-order valence-corrected chi connectivity index (χ2v) is 16.6. The van der Waals surface area contributed by atoms with Crippen LogP contribution in [-0.2, 0) is 21.7 Å². The SMILES string of the molecule is CC(C)(C)c1cccc(O[SiH2]CC[SiH2]Oc2cccc(C(C)(C)C)c2C(C)(C)C)c1C(C)(C)C. The maximum absolute atomic E-state index is 6.50. The first-order valence-corrected chi connectivity index (χ1v) is 16.1. The predicted octanol–water partition coefficient (Wildman–Crippen LogP) is 7.34. The van der Waals surface area contributed by atoms with Crippen molar-refractivity contribution in [3.05, 3.63) is 58.7 Å². The fraction of sp³-hybridized carbons (Fsp3) is 0.600. The van der Waals surface area contributed by atoms with Gasteiger partial charge in [0.1, 0.15) is 11.5 Å². The summed E-state index contributed by atoms with van der Waals surface area (Å²) in [7, 11) is -1.28. The molecular weight excluding hydrogens is 449 g/mol. The minimum absolute atomic E-state index is 0.0624. The highest BCUT2D eigenvalue weighted by atomic mass is 28.2. The lowest BCUT2D eigenvalue weighted by molar-refractivity contribution is 0.491. The minimum Gasteiger partial charge on any atom is -0.549 e. The van der Waals surface area contributed by atoms with Crippen LogP contribution in [-0.4, -0.2) is 19.5 Å². The van der Waals surface area contributed by atoms with Crippen molar-refractivity contribution in [3.63, 3.8) is 0 Å². The van der Waals surface area contributed by atoms with Crippen molar-refractivity contribution in [3.8, 4) is 11.5 Å². The van der Waals surface area contributed by atoms with E-state index in [-0.39, 0.29) is 21.7 Å². The monoisotopic (exact) mass is 498 g/mol. The maximum atomic E-state index is 6.50. The van der Waals surface area contributed by atoms with Gasteiger partial charge in [-0.25, -0.2) is 0 Å². The van der Waals surface area contributed by atoms with E-state index in [0.29, 0.717) is 0 Å². The largest absolute Gasteiger partial charge is 0.549 e. The summed E-state index contributed by atoms with van der Waals surface area (Å²) >= 11 is 0. The van der Waals surface area contributed by atoms with Gasteiger partial charge in [0.05, 0.1) is 0 Å². The summed E-state index contributed by atoms with van der Waals surface area (Å²) in [6.45, 7) is 27.5. The molecule has 4 heteroatoms. The molecule has 0 N–H and O–H groups in total. The van der Waals surface area contributed by atoms with Crippen LogP contribution >= 0.6 is 0 Å². The third-order valence-corrected chi connectivity index (χ3v) is 9.83. The average molecular weight is 499 g/mol. The van der Waals surface area contributed by atoms with Crippen molar-refractivity contribution in [2.75, 3.05) is 0 Å². The second kappa shape index (κ2) is 10.6. The first-order chi connectivity index (χ1) is 15.4. The lowest BCUT2D eigenvalue weighted by Crippen LogP contribution is -2.24. The molecule has 0 aromatic heterocycles. The van der Waals surface area contributed by atoms with Crippen molar-refractivity contribution in [1.82, 2.24) is 0 Å². The van der Waals surface area contributed by atoms with Crippen LogP contribution in [0.2, 0.25) is 12.1 Å². The third kappa shape index (κ3) is 7.48. The van der Waals surface area contributed by atoms with E-state index in [0.717, 1.165) is 11.5 Å². The topological polar surface area (TPSA) is 18.5 Å². The fourth-order valence-electron chi connectivity index (χ4n) is 4.67. The van der Waals surface area contributed by atoms with E-state index in [9.17, 15) is 0 Å². The Hall–Kier alpha value is -1.53. The van der Waals surface area contributed by atoms with Crippen molar-refractivity contribution in [1.29, 1.82) is 0 Å². The van der Waals surface area contributed by atoms with E-state index in [1.54, 1.807) is 0 Å². The highest BCUT2D eigenvalue weighted by Gasteiger charge is 2.29. The summed E-state index contributed by atoms with van der Waals surface area (Å²) in [6, 6.07) is 15.5. The summed E-state index contributed by atoms with van der Waals surface area (Å²) in [4.78, 5) is 0. The van der Waals surface area contributed by atoms with Crippen molar-refractivity contribution in [2.24, 2.45) is 0 Å². The van der Waals surface area contributed by atoms with E-state index in [4.69, 9.17) is 8.85 Å². The van der Waals surface area contributed by atoms with Crippen LogP contribution in [0, 0.1) is 0 Å². The molecule has 0 bridgehead atoms. The molecule has 0 fully saturated rings. The van der Waals surface area contributed by atoms with Crippen LogP contribution in [0.5, 0.6) is 11.5 Å². The Morgan fingerprint density at radius 2 is 0.824 bits per heavy atom. The van der Waals surface area contributed by atoms with Gasteiger partial charge in [-0.15, -0.1) is 0 Å². The normalized spacial score (nSPS) is 13.9. The Balaban J connectivity index is 2.05. The first kappa shape index (κ1) is 28.7. The van der Waals surface area contributed by atoms with Gasteiger partial charge in [-0.05, 0) is 57.0 Å². The van der Waals surface area contributed by atoms with Crippen LogP contribution in [0.3, 0.4) is 0 Å². The molecule has 2 aromatic carbocycles. The van der Waals surface area contributed by atoms with Crippen molar-refractivity contribution >= 4 is 19.5 Å². The molecule has 0 radical (unpaired) electrons. The zero-order chi connectivity index (χ0) is 25.9. The van der Waals surface area contributed by atoms with Crippen molar-refractivity contribution < 1.29 is 8.85 Å². The number of rotatable bonds is 7. The molecule has 0 aliphatic carbocycles. The molecule has 0 aliphatic rings. The maximum Gasteiger partial charge on any atom is 0.219 e. The van der Waals surface area contributed by atoms with E-state index in [1.807, 2.05) is 0 Å². The van der Waals surface area contributed by atoms with Gasteiger partial charge in [0, 0.05) is 11.1 Å². The molecule has 0 spiro atoms. The molecular formula is C30H50O2Si2. The molecule has 0 unspecified atom stereocenters. The molecule has 34 heavy (non-hydrogen) atoms. The second-order valence-electron chi connectivity index (χ2n) is 13.8. The Bertz CT molecular complexity index is 872.